The van der Waals surface area contributed by atoms with Crippen molar-refractivity contribution in [1.29, 1.82) is 5.26 Å². The van der Waals surface area contributed by atoms with Crippen LogP contribution in [0, 0.1) is 11.3 Å². The summed E-state index contributed by atoms with van der Waals surface area (Å²) in [5.41, 5.74) is 2.81. The summed E-state index contributed by atoms with van der Waals surface area (Å²) in [5.74, 6) is 0.879. The Morgan fingerprint density at radius 1 is 1.20 bits per heavy atom. The van der Waals surface area contributed by atoms with Crippen LogP contribution in [-0.4, -0.2) is 14.6 Å². The smallest absolute Gasteiger partial charge is 0.178 e. The van der Waals surface area contributed by atoms with E-state index < -0.39 is 0 Å². The lowest BCUT2D eigenvalue weighted by atomic mass is 9.99. The Balaban J connectivity index is 1.86. The largest absolute Gasteiger partial charge is 0.282 e. The van der Waals surface area contributed by atoms with E-state index >= 15 is 0 Å². The molecule has 20 heavy (non-hydrogen) atoms. The normalized spacial score (nSPS) is 14.2. The molecule has 0 spiro atoms. The van der Waals surface area contributed by atoms with Crippen molar-refractivity contribution in [2.24, 2.45) is 0 Å². The molecule has 1 aliphatic carbocycles. The van der Waals surface area contributed by atoms with Crippen LogP contribution in [0.3, 0.4) is 0 Å². The standard InChI is InChI=1S/C15H12N4S/c16-9-10-5-6-19-14(7-10)17-18-15(19)13-8-11-3-1-2-4-12(11)20-13/h5-8H,1-4H2. The summed E-state index contributed by atoms with van der Waals surface area (Å²) in [7, 11) is 0. The van der Waals surface area contributed by atoms with Crippen molar-refractivity contribution in [3.63, 3.8) is 0 Å². The van der Waals surface area contributed by atoms with Crippen LogP contribution in [0.2, 0.25) is 0 Å². The maximum Gasteiger partial charge on any atom is 0.178 e. The highest BCUT2D eigenvalue weighted by molar-refractivity contribution is 7.15. The third-order valence-electron chi connectivity index (χ3n) is 3.76. The zero-order valence-electron chi connectivity index (χ0n) is 10.8. The average molecular weight is 280 g/mol. The van der Waals surface area contributed by atoms with E-state index in [4.69, 9.17) is 5.26 Å². The summed E-state index contributed by atoms with van der Waals surface area (Å²) in [4.78, 5) is 2.67. The molecule has 98 valence electrons. The van der Waals surface area contributed by atoms with Gasteiger partial charge in [-0.05, 0) is 43.4 Å². The van der Waals surface area contributed by atoms with Gasteiger partial charge in [0.05, 0.1) is 16.5 Å². The van der Waals surface area contributed by atoms with Crippen molar-refractivity contribution < 1.29 is 0 Å². The molecule has 0 amide bonds. The number of nitriles is 1. The predicted molar refractivity (Wildman–Crippen MR) is 77.7 cm³/mol. The van der Waals surface area contributed by atoms with Crippen molar-refractivity contribution in [3.05, 3.63) is 40.4 Å². The SMILES string of the molecule is N#Cc1ccn2c(-c3cc4c(s3)CCCC4)nnc2c1. The van der Waals surface area contributed by atoms with Crippen LogP contribution in [0.1, 0.15) is 28.8 Å². The van der Waals surface area contributed by atoms with Crippen molar-refractivity contribution in [1.82, 2.24) is 14.6 Å². The van der Waals surface area contributed by atoms with Gasteiger partial charge in [0.15, 0.2) is 11.5 Å². The minimum absolute atomic E-state index is 0.613. The lowest BCUT2D eigenvalue weighted by molar-refractivity contribution is 0.697. The molecular weight excluding hydrogens is 268 g/mol. The minimum Gasteiger partial charge on any atom is -0.282 e. The average Bonchev–Trinajstić information content (AvgIpc) is 3.09. The van der Waals surface area contributed by atoms with E-state index in [-0.39, 0.29) is 0 Å². The van der Waals surface area contributed by atoms with Gasteiger partial charge in [-0.25, -0.2) is 0 Å². The third-order valence-corrected chi connectivity index (χ3v) is 4.99. The molecule has 3 aromatic rings. The van der Waals surface area contributed by atoms with Gasteiger partial charge in [0, 0.05) is 17.1 Å². The molecule has 0 N–H and O–H groups in total. The van der Waals surface area contributed by atoms with E-state index in [2.05, 4.69) is 22.3 Å². The van der Waals surface area contributed by atoms with Gasteiger partial charge >= 0.3 is 0 Å². The fourth-order valence-electron chi connectivity index (χ4n) is 2.73. The van der Waals surface area contributed by atoms with E-state index in [1.807, 2.05) is 21.9 Å². The van der Waals surface area contributed by atoms with Gasteiger partial charge in [0.2, 0.25) is 0 Å². The zero-order chi connectivity index (χ0) is 13.5. The van der Waals surface area contributed by atoms with Crippen molar-refractivity contribution >= 4 is 17.0 Å². The molecule has 1 aliphatic rings. The van der Waals surface area contributed by atoms with Crippen LogP contribution < -0.4 is 0 Å². The van der Waals surface area contributed by atoms with E-state index in [0.717, 1.165) is 11.5 Å². The van der Waals surface area contributed by atoms with Gasteiger partial charge in [-0.2, -0.15) is 5.26 Å². The molecule has 0 aromatic carbocycles. The molecule has 0 saturated heterocycles. The zero-order valence-corrected chi connectivity index (χ0v) is 11.7. The number of thiophene rings is 1. The molecule has 5 heteroatoms. The summed E-state index contributed by atoms with van der Waals surface area (Å²) in [6.45, 7) is 0. The third kappa shape index (κ3) is 1.73. The Kier molecular flexibility index (Phi) is 2.57. The molecule has 0 aliphatic heterocycles. The van der Waals surface area contributed by atoms with Crippen LogP contribution >= 0.6 is 11.3 Å². The van der Waals surface area contributed by atoms with Gasteiger partial charge in [0.1, 0.15) is 0 Å². The van der Waals surface area contributed by atoms with Crippen molar-refractivity contribution in [2.45, 2.75) is 25.7 Å². The van der Waals surface area contributed by atoms with Crippen LogP contribution in [0.5, 0.6) is 0 Å². The first-order valence-corrected chi connectivity index (χ1v) is 7.53. The Hall–Kier alpha value is -2.19. The Morgan fingerprint density at radius 3 is 2.95 bits per heavy atom. The molecule has 0 atom stereocenters. The quantitative estimate of drug-likeness (QED) is 0.687. The summed E-state index contributed by atoms with van der Waals surface area (Å²) in [6.07, 6.45) is 6.83. The molecule has 0 fully saturated rings. The molecule has 3 aromatic heterocycles. The van der Waals surface area contributed by atoms with Gasteiger partial charge in [0.25, 0.3) is 0 Å². The van der Waals surface area contributed by atoms with Crippen LogP contribution in [-0.2, 0) is 12.8 Å². The number of aromatic nitrogens is 3. The van der Waals surface area contributed by atoms with Gasteiger partial charge in [-0.3, -0.25) is 4.40 Å². The van der Waals surface area contributed by atoms with Crippen molar-refractivity contribution in [3.8, 4) is 16.8 Å². The number of aryl methyl sites for hydroxylation is 2. The topological polar surface area (TPSA) is 54.0 Å². The van der Waals surface area contributed by atoms with Gasteiger partial charge in [-0.15, -0.1) is 21.5 Å². The number of hydrogen-bond donors (Lipinski definition) is 0. The highest BCUT2D eigenvalue weighted by atomic mass is 32.1. The lowest BCUT2D eigenvalue weighted by Gasteiger charge is -2.08. The van der Waals surface area contributed by atoms with E-state index in [9.17, 15) is 0 Å². The Morgan fingerprint density at radius 2 is 2.10 bits per heavy atom. The number of rotatable bonds is 1. The molecule has 0 saturated carbocycles. The van der Waals surface area contributed by atoms with Gasteiger partial charge in [-0.1, -0.05) is 0 Å². The van der Waals surface area contributed by atoms with E-state index in [1.54, 1.807) is 12.1 Å². The number of pyridine rings is 1. The molecule has 3 heterocycles. The fraction of sp³-hybridized carbons (Fsp3) is 0.267. The highest BCUT2D eigenvalue weighted by Gasteiger charge is 2.17. The summed E-state index contributed by atoms with van der Waals surface area (Å²) < 4.78 is 1.96. The first kappa shape index (κ1) is 11.6. The Labute approximate surface area is 120 Å². The van der Waals surface area contributed by atoms with Crippen molar-refractivity contribution in [2.75, 3.05) is 0 Å². The van der Waals surface area contributed by atoms with Crippen LogP contribution in [0.4, 0.5) is 0 Å². The first-order chi connectivity index (χ1) is 9.85. The second-order valence-electron chi connectivity index (χ2n) is 5.05. The predicted octanol–water partition coefficient (Wildman–Crippen LogP) is 3.21. The highest BCUT2D eigenvalue weighted by Crippen LogP contribution is 2.35. The first-order valence-electron chi connectivity index (χ1n) is 6.72. The molecule has 0 unspecified atom stereocenters. The van der Waals surface area contributed by atoms with Crippen LogP contribution in [0.25, 0.3) is 16.3 Å². The summed E-state index contributed by atoms with van der Waals surface area (Å²) in [5, 5.41) is 17.4. The van der Waals surface area contributed by atoms with E-state index in [0.29, 0.717) is 5.56 Å². The molecule has 0 bridgehead atoms. The summed E-state index contributed by atoms with van der Waals surface area (Å²) in [6, 6.07) is 7.95. The van der Waals surface area contributed by atoms with Crippen LogP contribution in [0.15, 0.2) is 24.4 Å². The number of hydrogen-bond acceptors (Lipinski definition) is 4. The Bertz CT molecular complexity index is 814. The minimum atomic E-state index is 0.613. The maximum absolute atomic E-state index is 8.93. The number of nitrogens with zero attached hydrogens (tertiary/aromatic N) is 4. The number of fused-ring (bicyclic) bond motifs is 2. The van der Waals surface area contributed by atoms with Gasteiger partial charge < -0.3 is 0 Å². The van der Waals surface area contributed by atoms with E-state index in [1.165, 1.54) is 41.0 Å². The lowest BCUT2D eigenvalue weighted by Crippen LogP contribution is -1.96. The second-order valence-corrected chi connectivity index (χ2v) is 6.18. The maximum atomic E-state index is 8.93. The molecule has 0 radical (unpaired) electrons. The molecule has 4 nitrogen and oxygen atoms in total. The molecule has 4 rings (SSSR count). The fourth-order valence-corrected chi connectivity index (χ4v) is 3.96. The second kappa shape index (κ2) is 4.43. The monoisotopic (exact) mass is 280 g/mol. The molecular formula is C15H12N4S. The summed E-state index contributed by atoms with van der Waals surface area (Å²) >= 11 is 1.83.